The molecule has 24 heavy (non-hydrogen) atoms. The number of nitrogens with zero attached hydrogens (tertiary/aromatic N) is 2. The number of carbonyl (C=O) groups is 2. The summed E-state index contributed by atoms with van der Waals surface area (Å²) in [5.41, 5.74) is 3.52. The van der Waals surface area contributed by atoms with Gasteiger partial charge in [0.1, 0.15) is 0 Å². The maximum absolute atomic E-state index is 12.2. The Morgan fingerprint density at radius 1 is 1.38 bits per heavy atom. The molecule has 2 aromatic rings. The molecular formula is C17H21N5O2. The molecule has 126 valence electrons. The Balaban J connectivity index is 1.64. The molecule has 1 unspecified atom stereocenters. The monoisotopic (exact) mass is 327 g/mol. The summed E-state index contributed by atoms with van der Waals surface area (Å²) in [7, 11) is 1.84. The number of hydrogen-bond acceptors (Lipinski definition) is 3. The van der Waals surface area contributed by atoms with E-state index in [1.54, 1.807) is 16.9 Å². The van der Waals surface area contributed by atoms with Crippen molar-refractivity contribution in [3.05, 3.63) is 41.7 Å². The van der Waals surface area contributed by atoms with Gasteiger partial charge in [-0.3, -0.25) is 9.48 Å². The number of carbonyl (C=O) groups excluding carboxylic acids is 2. The van der Waals surface area contributed by atoms with Crippen LogP contribution in [0.3, 0.4) is 0 Å². The van der Waals surface area contributed by atoms with Gasteiger partial charge in [0, 0.05) is 36.6 Å². The van der Waals surface area contributed by atoms with Gasteiger partial charge in [0.05, 0.1) is 12.2 Å². The normalized spacial score (nSPS) is 15.0. The van der Waals surface area contributed by atoms with Crippen LogP contribution in [0.25, 0.3) is 0 Å². The molecule has 0 fully saturated rings. The van der Waals surface area contributed by atoms with Gasteiger partial charge in [-0.25, -0.2) is 4.79 Å². The zero-order valence-electron chi connectivity index (χ0n) is 13.8. The number of aryl methyl sites for hydroxylation is 2. The van der Waals surface area contributed by atoms with Gasteiger partial charge < -0.3 is 16.0 Å². The molecule has 0 saturated carbocycles. The van der Waals surface area contributed by atoms with Crippen molar-refractivity contribution in [2.75, 3.05) is 10.6 Å². The van der Waals surface area contributed by atoms with Crippen molar-refractivity contribution >= 4 is 23.3 Å². The van der Waals surface area contributed by atoms with E-state index in [4.69, 9.17) is 0 Å². The average molecular weight is 327 g/mol. The van der Waals surface area contributed by atoms with Crippen LogP contribution in [0.4, 0.5) is 16.2 Å². The molecule has 0 radical (unpaired) electrons. The van der Waals surface area contributed by atoms with Crippen LogP contribution in [-0.2, 0) is 18.3 Å². The molecule has 0 spiro atoms. The van der Waals surface area contributed by atoms with Crippen LogP contribution in [0.2, 0.25) is 0 Å². The van der Waals surface area contributed by atoms with E-state index in [0.717, 1.165) is 29.7 Å². The third-order valence-electron chi connectivity index (χ3n) is 4.06. The second kappa shape index (κ2) is 6.74. The van der Waals surface area contributed by atoms with Crippen molar-refractivity contribution < 1.29 is 9.59 Å². The van der Waals surface area contributed by atoms with Crippen LogP contribution in [0.1, 0.15) is 36.9 Å². The van der Waals surface area contributed by atoms with E-state index in [-0.39, 0.29) is 18.0 Å². The summed E-state index contributed by atoms with van der Waals surface area (Å²) in [6.07, 6.45) is 5.76. The predicted molar refractivity (Wildman–Crippen MR) is 91.8 cm³/mol. The van der Waals surface area contributed by atoms with Crippen molar-refractivity contribution in [3.63, 3.8) is 0 Å². The SMILES string of the molecule is CC(NC(=O)Nc1ccc2c(c1)CCCC(=O)N2)c1cnn(C)c1. The average Bonchev–Trinajstić information content (AvgIpc) is 2.87. The minimum absolute atomic E-state index is 0.0393. The molecule has 1 aromatic heterocycles. The lowest BCUT2D eigenvalue weighted by molar-refractivity contribution is -0.116. The van der Waals surface area contributed by atoms with Crippen molar-refractivity contribution in [1.29, 1.82) is 0 Å². The van der Waals surface area contributed by atoms with Gasteiger partial charge in [0.15, 0.2) is 0 Å². The highest BCUT2D eigenvalue weighted by molar-refractivity contribution is 5.94. The van der Waals surface area contributed by atoms with Gasteiger partial charge in [0.2, 0.25) is 5.91 Å². The lowest BCUT2D eigenvalue weighted by Crippen LogP contribution is -2.31. The molecule has 0 saturated heterocycles. The first kappa shape index (κ1) is 16.0. The Kier molecular flexibility index (Phi) is 4.50. The highest BCUT2D eigenvalue weighted by Crippen LogP contribution is 2.25. The molecule has 0 aliphatic carbocycles. The van der Waals surface area contributed by atoms with Crippen LogP contribution in [0.15, 0.2) is 30.6 Å². The number of rotatable bonds is 3. The van der Waals surface area contributed by atoms with Gasteiger partial charge in [0.25, 0.3) is 0 Å². The summed E-state index contributed by atoms with van der Waals surface area (Å²) in [5, 5.41) is 12.7. The largest absolute Gasteiger partial charge is 0.331 e. The first-order valence-corrected chi connectivity index (χ1v) is 8.00. The number of aromatic nitrogens is 2. The van der Waals surface area contributed by atoms with Gasteiger partial charge in [-0.15, -0.1) is 0 Å². The Morgan fingerprint density at radius 3 is 2.96 bits per heavy atom. The first-order valence-electron chi connectivity index (χ1n) is 8.00. The topological polar surface area (TPSA) is 88.1 Å². The molecule has 0 bridgehead atoms. The molecule has 1 aliphatic heterocycles. The minimum atomic E-state index is -0.274. The van der Waals surface area contributed by atoms with Crippen molar-refractivity contribution in [3.8, 4) is 0 Å². The Hall–Kier alpha value is -2.83. The molecule has 3 rings (SSSR count). The highest BCUT2D eigenvalue weighted by Gasteiger charge is 2.15. The van der Waals surface area contributed by atoms with Crippen LogP contribution in [-0.4, -0.2) is 21.7 Å². The van der Waals surface area contributed by atoms with Crippen molar-refractivity contribution in [2.45, 2.75) is 32.2 Å². The standard InChI is InChI=1S/C17H21N5O2/c1-11(13-9-18-22(2)10-13)19-17(24)20-14-6-7-15-12(8-14)4-3-5-16(23)21-15/h6-11H,3-5H2,1-2H3,(H,21,23)(H2,19,20,24). The second-order valence-electron chi connectivity index (χ2n) is 6.04. The molecule has 1 atom stereocenters. The molecule has 7 nitrogen and oxygen atoms in total. The lowest BCUT2D eigenvalue weighted by atomic mass is 10.1. The number of nitrogens with one attached hydrogen (secondary N) is 3. The van der Waals surface area contributed by atoms with E-state index in [0.29, 0.717) is 12.1 Å². The summed E-state index contributed by atoms with van der Waals surface area (Å²) < 4.78 is 1.70. The van der Waals surface area contributed by atoms with E-state index >= 15 is 0 Å². The smallest absolute Gasteiger partial charge is 0.319 e. The predicted octanol–water partition coefficient (Wildman–Crippen LogP) is 2.58. The van der Waals surface area contributed by atoms with E-state index in [9.17, 15) is 9.59 Å². The van der Waals surface area contributed by atoms with Crippen LogP contribution < -0.4 is 16.0 Å². The summed E-state index contributed by atoms with van der Waals surface area (Å²) in [4.78, 5) is 23.7. The van der Waals surface area contributed by atoms with Crippen LogP contribution in [0.5, 0.6) is 0 Å². The molecule has 1 aliphatic rings. The molecule has 2 heterocycles. The quantitative estimate of drug-likeness (QED) is 0.809. The third kappa shape index (κ3) is 3.73. The van der Waals surface area contributed by atoms with E-state index in [2.05, 4.69) is 21.0 Å². The van der Waals surface area contributed by atoms with Crippen LogP contribution >= 0.6 is 0 Å². The number of benzene rings is 1. The molecular weight excluding hydrogens is 306 g/mol. The van der Waals surface area contributed by atoms with Gasteiger partial charge >= 0.3 is 6.03 Å². The highest BCUT2D eigenvalue weighted by atomic mass is 16.2. The number of amides is 3. The van der Waals surface area contributed by atoms with E-state index < -0.39 is 0 Å². The molecule has 3 N–H and O–H groups in total. The summed E-state index contributed by atoms with van der Waals surface area (Å²) in [6.45, 7) is 1.91. The molecule has 7 heteroatoms. The number of fused-ring (bicyclic) bond motifs is 1. The fourth-order valence-corrected chi connectivity index (χ4v) is 2.76. The number of anilines is 2. The second-order valence-corrected chi connectivity index (χ2v) is 6.04. The third-order valence-corrected chi connectivity index (χ3v) is 4.06. The van der Waals surface area contributed by atoms with Gasteiger partial charge in [-0.05, 0) is 43.5 Å². The Labute approximate surface area is 140 Å². The minimum Gasteiger partial charge on any atom is -0.331 e. The summed E-state index contributed by atoms with van der Waals surface area (Å²) in [5.74, 6) is 0.0393. The van der Waals surface area contributed by atoms with Crippen molar-refractivity contribution in [1.82, 2.24) is 15.1 Å². The first-order chi connectivity index (χ1) is 11.5. The fraction of sp³-hybridized carbons (Fsp3) is 0.353. The van der Waals surface area contributed by atoms with Gasteiger partial charge in [-0.1, -0.05) is 0 Å². The zero-order valence-corrected chi connectivity index (χ0v) is 13.8. The summed E-state index contributed by atoms with van der Waals surface area (Å²) >= 11 is 0. The Bertz CT molecular complexity index is 768. The lowest BCUT2D eigenvalue weighted by Gasteiger charge is -2.14. The number of urea groups is 1. The van der Waals surface area contributed by atoms with E-state index in [1.807, 2.05) is 32.3 Å². The number of hydrogen-bond donors (Lipinski definition) is 3. The molecule has 1 aromatic carbocycles. The van der Waals surface area contributed by atoms with E-state index in [1.165, 1.54) is 0 Å². The summed E-state index contributed by atoms with van der Waals surface area (Å²) in [6, 6.07) is 5.12. The van der Waals surface area contributed by atoms with Gasteiger partial charge in [-0.2, -0.15) is 5.10 Å². The fourth-order valence-electron chi connectivity index (χ4n) is 2.76. The Morgan fingerprint density at radius 2 is 2.21 bits per heavy atom. The molecule has 3 amide bonds. The maximum atomic E-state index is 12.2. The maximum Gasteiger partial charge on any atom is 0.319 e. The van der Waals surface area contributed by atoms with Crippen molar-refractivity contribution in [2.24, 2.45) is 7.05 Å². The van der Waals surface area contributed by atoms with Crippen LogP contribution in [0, 0.1) is 0 Å². The zero-order chi connectivity index (χ0) is 17.1.